The van der Waals surface area contributed by atoms with Gasteiger partial charge in [-0.1, -0.05) is 6.07 Å². The third-order valence-electron chi connectivity index (χ3n) is 4.99. The fourth-order valence-corrected chi connectivity index (χ4v) is 3.58. The Bertz CT molecular complexity index is 1480. The van der Waals surface area contributed by atoms with Crippen molar-refractivity contribution >= 4 is 27.6 Å². The Balaban J connectivity index is 1.46. The number of benzene rings is 1. The molecule has 0 radical (unpaired) electrons. The number of aromatic amines is 1. The predicted octanol–water partition coefficient (Wildman–Crippen LogP) is 4.49. The zero-order valence-corrected chi connectivity index (χ0v) is 14.7. The Morgan fingerprint density at radius 2 is 1.86 bits per heavy atom. The lowest BCUT2D eigenvalue weighted by atomic mass is 10.1. The molecule has 5 heterocycles. The van der Waals surface area contributed by atoms with E-state index >= 15 is 0 Å². The number of nitrogens with zero attached hydrogens (tertiary/aromatic N) is 5. The van der Waals surface area contributed by atoms with E-state index in [0.29, 0.717) is 5.82 Å². The van der Waals surface area contributed by atoms with E-state index in [1.807, 2.05) is 53.3 Å². The van der Waals surface area contributed by atoms with Crippen molar-refractivity contribution < 1.29 is 0 Å². The molecule has 0 aliphatic rings. The molecule has 6 heteroatoms. The van der Waals surface area contributed by atoms with Crippen molar-refractivity contribution in [1.82, 2.24) is 29.3 Å². The maximum Gasteiger partial charge on any atom is 0.161 e. The predicted molar refractivity (Wildman–Crippen MR) is 109 cm³/mol. The van der Waals surface area contributed by atoms with E-state index in [9.17, 15) is 0 Å². The Morgan fingerprint density at radius 1 is 0.893 bits per heavy atom. The van der Waals surface area contributed by atoms with Gasteiger partial charge in [0.1, 0.15) is 11.3 Å². The second-order valence-corrected chi connectivity index (χ2v) is 6.68. The summed E-state index contributed by atoms with van der Waals surface area (Å²) in [6, 6.07) is 14.1. The van der Waals surface area contributed by atoms with Crippen molar-refractivity contribution in [3.05, 3.63) is 79.6 Å². The van der Waals surface area contributed by atoms with E-state index in [0.717, 1.165) is 44.3 Å². The van der Waals surface area contributed by atoms with Gasteiger partial charge in [-0.2, -0.15) is 0 Å². The number of hydrogen-bond acceptors (Lipinski definition) is 4. The highest BCUT2D eigenvalue weighted by Gasteiger charge is 2.11. The molecule has 1 N–H and O–H groups in total. The van der Waals surface area contributed by atoms with Crippen LogP contribution in [0.5, 0.6) is 0 Å². The summed E-state index contributed by atoms with van der Waals surface area (Å²) in [5, 5.41) is 2.06. The van der Waals surface area contributed by atoms with Gasteiger partial charge in [0.05, 0.1) is 5.52 Å². The molecule has 28 heavy (non-hydrogen) atoms. The summed E-state index contributed by atoms with van der Waals surface area (Å²) in [5.41, 5.74) is 5.83. The molecule has 0 saturated heterocycles. The summed E-state index contributed by atoms with van der Waals surface area (Å²) in [6.07, 6.45) is 11.5. The van der Waals surface area contributed by atoms with Gasteiger partial charge in [0.25, 0.3) is 0 Å². The van der Waals surface area contributed by atoms with Crippen LogP contribution in [0.15, 0.2) is 79.6 Å². The van der Waals surface area contributed by atoms with Crippen LogP contribution in [-0.4, -0.2) is 29.3 Å². The number of hydrogen-bond donors (Lipinski definition) is 1. The summed E-state index contributed by atoms with van der Waals surface area (Å²) >= 11 is 0. The van der Waals surface area contributed by atoms with E-state index in [-0.39, 0.29) is 0 Å². The molecule has 5 aromatic heterocycles. The minimum atomic E-state index is 0.691. The molecular weight excluding hydrogens is 348 g/mol. The van der Waals surface area contributed by atoms with Crippen molar-refractivity contribution in [2.75, 3.05) is 0 Å². The number of pyridine rings is 2. The standard InChI is InChI=1S/C22H14N6/c1-2-14-10-15(3-5-19(14)23-7-1)21-25-12-18-17(11-26-22(18)27-21)16-4-6-20-24-8-9-28(20)13-16/h1-13H,(H,25,26,27). The first kappa shape index (κ1) is 15.0. The highest BCUT2D eigenvalue weighted by Crippen LogP contribution is 2.29. The van der Waals surface area contributed by atoms with Gasteiger partial charge in [-0.25, -0.2) is 15.0 Å². The monoisotopic (exact) mass is 362 g/mol. The van der Waals surface area contributed by atoms with Crippen molar-refractivity contribution in [1.29, 1.82) is 0 Å². The van der Waals surface area contributed by atoms with Gasteiger partial charge in [-0.15, -0.1) is 0 Å². The average Bonchev–Trinajstić information content (AvgIpc) is 3.39. The van der Waals surface area contributed by atoms with Gasteiger partial charge < -0.3 is 9.38 Å². The van der Waals surface area contributed by atoms with Crippen LogP contribution in [0.25, 0.3) is 50.1 Å². The van der Waals surface area contributed by atoms with Crippen LogP contribution in [0.4, 0.5) is 0 Å². The lowest BCUT2D eigenvalue weighted by molar-refractivity contribution is 1.19. The lowest BCUT2D eigenvalue weighted by Gasteiger charge is -2.04. The minimum Gasteiger partial charge on any atom is -0.345 e. The summed E-state index contributed by atoms with van der Waals surface area (Å²) in [4.78, 5) is 21.3. The van der Waals surface area contributed by atoms with E-state index in [4.69, 9.17) is 4.98 Å². The van der Waals surface area contributed by atoms with Crippen LogP contribution < -0.4 is 0 Å². The molecule has 0 unspecified atom stereocenters. The first-order chi connectivity index (χ1) is 13.8. The molecule has 0 amide bonds. The normalized spacial score (nSPS) is 11.6. The van der Waals surface area contributed by atoms with Crippen molar-refractivity contribution in [2.24, 2.45) is 0 Å². The lowest BCUT2D eigenvalue weighted by Crippen LogP contribution is -1.90. The molecule has 0 saturated carbocycles. The average molecular weight is 362 g/mol. The molecule has 6 aromatic rings. The van der Waals surface area contributed by atoms with Gasteiger partial charge >= 0.3 is 0 Å². The van der Waals surface area contributed by atoms with Gasteiger partial charge in [-0.3, -0.25) is 4.98 Å². The molecule has 6 rings (SSSR count). The molecule has 1 aromatic carbocycles. The highest BCUT2D eigenvalue weighted by molar-refractivity contribution is 5.94. The zero-order chi connectivity index (χ0) is 18.5. The SMILES string of the molecule is c1cnc2ccc(-c3ncc4c(-c5ccc6nccn6c5)c[nH]c4n3)cc2c1. The number of nitrogens with one attached hydrogen (secondary N) is 1. The summed E-state index contributed by atoms with van der Waals surface area (Å²) in [7, 11) is 0. The number of aromatic nitrogens is 6. The number of imidazole rings is 1. The van der Waals surface area contributed by atoms with Crippen LogP contribution in [-0.2, 0) is 0 Å². The third-order valence-corrected chi connectivity index (χ3v) is 4.99. The molecular formula is C22H14N6. The minimum absolute atomic E-state index is 0.691. The van der Waals surface area contributed by atoms with Crippen LogP contribution >= 0.6 is 0 Å². The smallest absolute Gasteiger partial charge is 0.161 e. The molecule has 132 valence electrons. The van der Waals surface area contributed by atoms with Gasteiger partial charge in [-0.05, 0) is 36.4 Å². The molecule has 0 spiro atoms. The molecule has 6 nitrogen and oxygen atoms in total. The number of fused-ring (bicyclic) bond motifs is 3. The van der Waals surface area contributed by atoms with Gasteiger partial charge in [0.15, 0.2) is 5.82 Å². The fourth-order valence-electron chi connectivity index (χ4n) is 3.58. The fraction of sp³-hybridized carbons (Fsp3) is 0. The first-order valence-corrected chi connectivity index (χ1v) is 8.97. The Hall–Kier alpha value is -4.06. The largest absolute Gasteiger partial charge is 0.345 e. The molecule has 0 atom stereocenters. The molecule has 0 fully saturated rings. The third kappa shape index (κ3) is 2.28. The zero-order valence-electron chi connectivity index (χ0n) is 14.7. The van der Waals surface area contributed by atoms with E-state index in [1.54, 1.807) is 12.4 Å². The van der Waals surface area contributed by atoms with Crippen LogP contribution in [0, 0.1) is 0 Å². The Morgan fingerprint density at radius 3 is 2.86 bits per heavy atom. The number of rotatable bonds is 2. The summed E-state index contributed by atoms with van der Waals surface area (Å²) in [6.45, 7) is 0. The highest BCUT2D eigenvalue weighted by atomic mass is 15.0. The first-order valence-electron chi connectivity index (χ1n) is 8.97. The Kier molecular flexibility index (Phi) is 3.07. The van der Waals surface area contributed by atoms with E-state index in [1.165, 1.54) is 0 Å². The molecule has 0 aliphatic heterocycles. The topological polar surface area (TPSA) is 71.8 Å². The van der Waals surface area contributed by atoms with Crippen molar-refractivity contribution in [3.8, 4) is 22.5 Å². The summed E-state index contributed by atoms with van der Waals surface area (Å²) in [5.74, 6) is 0.691. The Labute approximate surface area is 159 Å². The maximum atomic E-state index is 4.74. The van der Waals surface area contributed by atoms with Crippen molar-refractivity contribution in [2.45, 2.75) is 0 Å². The van der Waals surface area contributed by atoms with E-state index in [2.05, 4.69) is 38.3 Å². The molecule has 0 aliphatic carbocycles. The number of H-pyrrole nitrogens is 1. The second kappa shape index (κ2) is 5.72. The van der Waals surface area contributed by atoms with Gasteiger partial charge in [0.2, 0.25) is 0 Å². The molecule has 0 bridgehead atoms. The van der Waals surface area contributed by atoms with Crippen LogP contribution in [0.3, 0.4) is 0 Å². The van der Waals surface area contributed by atoms with Crippen molar-refractivity contribution in [3.63, 3.8) is 0 Å². The van der Waals surface area contributed by atoms with Crippen LogP contribution in [0.1, 0.15) is 0 Å². The van der Waals surface area contributed by atoms with Crippen LogP contribution in [0.2, 0.25) is 0 Å². The maximum absolute atomic E-state index is 4.74. The quantitative estimate of drug-likeness (QED) is 0.493. The van der Waals surface area contributed by atoms with Gasteiger partial charge in [0, 0.05) is 64.6 Å². The summed E-state index contributed by atoms with van der Waals surface area (Å²) < 4.78 is 2.01. The van der Waals surface area contributed by atoms with E-state index < -0.39 is 0 Å². The second-order valence-electron chi connectivity index (χ2n) is 6.68.